The molecule has 1 atom stereocenters. The van der Waals surface area contributed by atoms with E-state index in [0.29, 0.717) is 0 Å². The molecule has 0 fully saturated rings. The largest absolute Gasteiger partial charge is 0.396 e. The lowest BCUT2D eigenvalue weighted by Crippen LogP contribution is -2.31. The first-order chi connectivity index (χ1) is 8.16. The second kappa shape index (κ2) is 5.21. The second-order valence-electron chi connectivity index (χ2n) is 4.24. The van der Waals surface area contributed by atoms with Gasteiger partial charge in [0.25, 0.3) is 0 Å². The molecule has 4 N–H and O–H groups in total. The van der Waals surface area contributed by atoms with Crippen LogP contribution in [-0.4, -0.2) is 26.2 Å². The Morgan fingerprint density at radius 2 is 2.06 bits per heavy atom. The molecule has 1 rings (SSSR count). The van der Waals surface area contributed by atoms with Crippen LogP contribution in [0, 0.1) is 19.7 Å². The van der Waals surface area contributed by atoms with Crippen molar-refractivity contribution in [1.82, 2.24) is 4.72 Å². The van der Waals surface area contributed by atoms with Gasteiger partial charge in [0.2, 0.25) is 10.0 Å². The molecule has 1 aromatic carbocycles. The minimum Gasteiger partial charge on any atom is -0.396 e. The fourth-order valence-corrected chi connectivity index (χ4v) is 3.25. The number of halogens is 1. The Morgan fingerprint density at radius 1 is 1.50 bits per heavy atom. The van der Waals surface area contributed by atoms with Crippen LogP contribution in [0.25, 0.3) is 0 Å². The van der Waals surface area contributed by atoms with Gasteiger partial charge in [0.1, 0.15) is 5.82 Å². The molecular formula is C11H17FN2O3S. The monoisotopic (exact) mass is 276 g/mol. The number of nitrogen functional groups attached to an aromatic ring is 1. The van der Waals surface area contributed by atoms with Crippen molar-refractivity contribution in [2.45, 2.75) is 31.8 Å². The summed E-state index contributed by atoms with van der Waals surface area (Å²) in [5.41, 5.74) is 5.75. The van der Waals surface area contributed by atoms with E-state index in [1.165, 1.54) is 20.8 Å². The van der Waals surface area contributed by atoms with Gasteiger partial charge in [-0.15, -0.1) is 0 Å². The number of aryl methyl sites for hydroxylation is 1. The lowest BCUT2D eigenvalue weighted by atomic mass is 10.1. The number of hydrogen-bond acceptors (Lipinski definition) is 4. The zero-order valence-electron chi connectivity index (χ0n) is 10.5. The maximum atomic E-state index is 13.3. The average Bonchev–Trinajstić information content (AvgIpc) is 2.23. The molecule has 0 saturated heterocycles. The van der Waals surface area contributed by atoms with Gasteiger partial charge in [-0.25, -0.2) is 17.5 Å². The van der Waals surface area contributed by atoms with Gasteiger partial charge in [0, 0.05) is 6.54 Å². The van der Waals surface area contributed by atoms with Crippen molar-refractivity contribution in [2.24, 2.45) is 0 Å². The van der Waals surface area contributed by atoms with E-state index in [-0.39, 0.29) is 28.3 Å². The number of nitrogens with two attached hydrogens (primary N) is 1. The van der Waals surface area contributed by atoms with E-state index in [9.17, 15) is 12.8 Å². The first-order valence-corrected chi connectivity index (χ1v) is 6.88. The Labute approximate surface area is 106 Å². The van der Waals surface area contributed by atoms with Crippen molar-refractivity contribution in [3.05, 3.63) is 23.0 Å². The summed E-state index contributed by atoms with van der Waals surface area (Å²) < 4.78 is 39.7. The molecule has 0 aromatic heterocycles. The van der Waals surface area contributed by atoms with Crippen LogP contribution >= 0.6 is 0 Å². The molecule has 0 unspecified atom stereocenters. The van der Waals surface area contributed by atoms with E-state index in [0.717, 1.165) is 6.07 Å². The van der Waals surface area contributed by atoms with E-state index in [1.807, 2.05) is 0 Å². The molecule has 5 nitrogen and oxygen atoms in total. The van der Waals surface area contributed by atoms with Crippen LogP contribution in [0.2, 0.25) is 0 Å². The Bertz CT molecular complexity index is 556. The van der Waals surface area contributed by atoms with Crippen molar-refractivity contribution in [3.8, 4) is 0 Å². The highest BCUT2D eigenvalue weighted by molar-refractivity contribution is 7.89. The molecule has 7 heteroatoms. The zero-order chi connectivity index (χ0) is 14.1. The quantitative estimate of drug-likeness (QED) is 0.705. The summed E-state index contributed by atoms with van der Waals surface area (Å²) in [5.74, 6) is -0.639. The van der Waals surface area contributed by atoms with Gasteiger partial charge < -0.3 is 10.8 Å². The summed E-state index contributed by atoms with van der Waals surface area (Å²) in [7, 11) is -3.81. The van der Waals surface area contributed by atoms with Gasteiger partial charge in [-0.2, -0.15) is 0 Å². The third-order valence-electron chi connectivity index (χ3n) is 2.54. The van der Waals surface area contributed by atoms with Gasteiger partial charge in [0.15, 0.2) is 0 Å². The van der Waals surface area contributed by atoms with Gasteiger partial charge in [-0.3, -0.25) is 0 Å². The zero-order valence-corrected chi connectivity index (χ0v) is 11.3. The highest BCUT2D eigenvalue weighted by atomic mass is 32.2. The average molecular weight is 276 g/mol. The smallest absolute Gasteiger partial charge is 0.241 e. The number of sulfonamides is 1. The van der Waals surface area contributed by atoms with Crippen LogP contribution in [0.15, 0.2) is 11.0 Å². The summed E-state index contributed by atoms with van der Waals surface area (Å²) in [5, 5.41) is 9.09. The van der Waals surface area contributed by atoms with Crippen LogP contribution in [0.4, 0.5) is 10.1 Å². The van der Waals surface area contributed by atoms with E-state index in [1.54, 1.807) is 0 Å². The molecule has 0 aliphatic rings. The highest BCUT2D eigenvalue weighted by Gasteiger charge is 2.22. The van der Waals surface area contributed by atoms with Gasteiger partial charge >= 0.3 is 0 Å². The molecule has 1 aromatic rings. The van der Waals surface area contributed by atoms with Gasteiger partial charge in [0.05, 0.1) is 16.7 Å². The minimum absolute atomic E-state index is 0.0398. The molecule has 0 bridgehead atoms. The summed E-state index contributed by atoms with van der Waals surface area (Å²) in [6.45, 7) is 4.29. The van der Waals surface area contributed by atoms with Crippen molar-refractivity contribution in [2.75, 3.05) is 12.3 Å². The standard InChI is InChI=1S/C11H17FN2O3S/c1-6-4-9(12)10(13)8(3)11(6)18(16,17)14-5-7(2)15/h4,7,14-15H,5,13H2,1-3H3/t7-/m0/s1. The molecule has 0 radical (unpaired) electrons. The number of anilines is 1. The predicted octanol–water partition coefficient (Wildman–Crippen LogP) is 0.684. The van der Waals surface area contributed by atoms with Gasteiger partial charge in [-0.05, 0) is 38.0 Å². The summed E-state index contributed by atoms with van der Waals surface area (Å²) in [6, 6.07) is 1.08. The molecule has 0 amide bonds. The van der Waals surface area contributed by atoms with Crippen LogP contribution in [0.1, 0.15) is 18.1 Å². The number of aliphatic hydroxyl groups is 1. The van der Waals surface area contributed by atoms with E-state index in [2.05, 4.69) is 4.72 Å². The summed E-state index contributed by atoms with van der Waals surface area (Å²) in [6.07, 6.45) is -0.807. The number of hydrogen-bond donors (Lipinski definition) is 3. The third-order valence-corrected chi connectivity index (χ3v) is 4.25. The SMILES string of the molecule is Cc1cc(F)c(N)c(C)c1S(=O)(=O)NC[C@H](C)O. The molecule has 18 heavy (non-hydrogen) atoms. The maximum absolute atomic E-state index is 13.3. The number of nitrogens with one attached hydrogen (secondary N) is 1. The van der Waals surface area contributed by atoms with E-state index < -0.39 is 21.9 Å². The van der Waals surface area contributed by atoms with Crippen LogP contribution in [0.3, 0.4) is 0 Å². The molecule has 0 aliphatic carbocycles. The normalized spacial score (nSPS) is 13.6. The molecule has 0 saturated carbocycles. The highest BCUT2D eigenvalue weighted by Crippen LogP contribution is 2.27. The first kappa shape index (κ1) is 14.9. The Hall–Kier alpha value is -1.18. The Balaban J connectivity index is 3.29. The number of benzene rings is 1. The topological polar surface area (TPSA) is 92.4 Å². The fourth-order valence-electron chi connectivity index (χ4n) is 1.65. The third kappa shape index (κ3) is 2.98. The van der Waals surface area contributed by atoms with Gasteiger partial charge in [-0.1, -0.05) is 0 Å². The lowest BCUT2D eigenvalue weighted by molar-refractivity contribution is 0.198. The lowest BCUT2D eigenvalue weighted by Gasteiger charge is -2.15. The predicted molar refractivity (Wildman–Crippen MR) is 67.2 cm³/mol. The van der Waals surface area contributed by atoms with E-state index >= 15 is 0 Å². The van der Waals surface area contributed by atoms with Crippen molar-refractivity contribution >= 4 is 15.7 Å². The van der Waals surface area contributed by atoms with Crippen molar-refractivity contribution < 1.29 is 17.9 Å². The number of rotatable bonds is 4. The van der Waals surface area contributed by atoms with Crippen LogP contribution < -0.4 is 10.5 Å². The minimum atomic E-state index is -3.81. The summed E-state index contributed by atoms with van der Waals surface area (Å²) in [4.78, 5) is -0.0398. The second-order valence-corrected chi connectivity index (χ2v) is 5.95. The first-order valence-electron chi connectivity index (χ1n) is 5.39. The van der Waals surface area contributed by atoms with Crippen LogP contribution in [0.5, 0.6) is 0 Å². The fraction of sp³-hybridized carbons (Fsp3) is 0.455. The molecule has 102 valence electrons. The Morgan fingerprint density at radius 3 is 2.56 bits per heavy atom. The number of aliphatic hydroxyl groups excluding tert-OH is 1. The molecular weight excluding hydrogens is 259 g/mol. The molecule has 0 heterocycles. The van der Waals surface area contributed by atoms with E-state index in [4.69, 9.17) is 10.8 Å². The van der Waals surface area contributed by atoms with Crippen molar-refractivity contribution in [1.29, 1.82) is 0 Å². The molecule has 0 spiro atoms. The van der Waals surface area contributed by atoms with Crippen LogP contribution in [-0.2, 0) is 10.0 Å². The molecule has 0 aliphatic heterocycles. The summed E-state index contributed by atoms with van der Waals surface area (Å²) >= 11 is 0. The Kier molecular flexibility index (Phi) is 4.31. The maximum Gasteiger partial charge on any atom is 0.241 e. The van der Waals surface area contributed by atoms with Crippen molar-refractivity contribution in [3.63, 3.8) is 0 Å².